The monoisotopic (exact) mass is 578 g/mol. The fourth-order valence-electron chi connectivity index (χ4n) is 5.50. The van der Waals surface area contributed by atoms with Gasteiger partial charge in [-0.2, -0.15) is 9.97 Å². The van der Waals surface area contributed by atoms with Gasteiger partial charge in [-0.3, -0.25) is 0 Å². The van der Waals surface area contributed by atoms with Crippen LogP contribution in [0.15, 0.2) is 91.0 Å². The van der Waals surface area contributed by atoms with E-state index >= 15 is 0 Å². The van der Waals surface area contributed by atoms with E-state index in [0.717, 1.165) is 64.0 Å². The number of rotatable bonds is 7. The molecule has 0 atom stereocenters. The van der Waals surface area contributed by atoms with Crippen LogP contribution >= 0.6 is 12.2 Å². The summed E-state index contributed by atoms with van der Waals surface area (Å²) in [6.45, 7) is 10.1. The van der Waals surface area contributed by atoms with Crippen LogP contribution in [0, 0.1) is 6.92 Å². The van der Waals surface area contributed by atoms with Gasteiger partial charge in [0.1, 0.15) is 11.6 Å². The van der Waals surface area contributed by atoms with Gasteiger partial charge in [0, 0.05) is 76.3 Å². The first-order chi connectivity index (χ1) is 20.6. The zero-order valence-corrected chi connectivity index (χ0v) is 24.9. The smallest absolute Gasteiger partial charge is 0.232 e. The fraction of sp³-hybridized carbons (Fsp3) is 0.303. The molecule has 0 bridgehead atoms. The highest BCUT2D eigenvalue weighted by Gasteiger charge is 2.23. The summed E-state index contributed by atoms with van der Waals surface area (Å²) in [5, 5.41) is 7.10. The van der Waals surface area contributed by atoms with Gasteiger partial charge in [-0.05, 0) is 49.0 Å². The maximum atomic E-state index is 5.66. The number of nitrogens with one attached hydrogen (secondary N) is 2. The highest BCUT2D eigenvalue weighted by atomic mass is 32.1. The molecular formula is C33H38N8S. The molecule has 8 nitrogen and oxygen atoms in total. The molecule has 1 aromatic heterocycles. The van der Waals surface area contributed by atoms with Gasteiger partial charge in [0.2, 0.25) is 5.95 Å². The molecule has 2 aliphatic rings. The first-order valence-electron chi connectivity index (χ1n) is 14.7. The van der Waals surface area contributed by atoms with Crippen molar-refractivity contribution < 1.29 is 0 Å². The molecule has 0 spiro atoms. The highest BCUT2D eigenvalue weighted by molar-refractivity contribution is 7.80. The lowest BCUT2D eigenvalue weighted by molar-refractivity contribution is 0.639. The fourth-order valence-corrected chi connectivity index (χ4v) is 5.66. The van der Waals surface area contributed by atoms with Crippen LogP contribution in [-0.2, 0) is 6.54 Å². The van der Waals surface area contributed by atoms with Crippen molar-refractivity contribution in [3.05, 3.63) is 102 Å². The highest BCUT2D eigenvalue weighted by Crippen LogP contribution is 2.26. The second kappa shape index (κ2) is 13.1. The molecule has 0 unspecified atom stereocenters. The third-order valence-corrected chi connectivity index (χ3v) is 8.19. The van der Waals surface area contributed by atoms with E-state index in [1.807, 2.05) is 0 Å². The SMILES string of the molecule is Cc1ccc(CNC(=S)Nc2nc(N3CCN(c4ccccc4)CC3)cc(N3CCN(c4ccccc4)CC3)n2)cc1. The third-order valence-electron chi connectivity index (χ3n) is 7.95. The number of para-hydroxylation sites is 2. The van der Waals surface area contributed by atoms with Crippen molar-refractivity contribution in [3.8, 4) is 0 Å². The van der Waals surface area contributed by atoms with Crippen molar-refractivity contribution in [2.75, 3.05) is 77.3 Å². The van der Waals surface area contributed by atoms with Gasteiger partial charge < -0.3 is 30.2 Å². The van der Waals surface area contributed by atoms with E-state index in [2.05, 4.69) is 128 Å². The molecule has 42 heavy (non-hydrogen) atoms. The first-order valence-corrected chi connectivity index (χ1v) is 15.1. The van der Waals surface area contributed by atoms with Crippen LogP contribution in [0.5, 0.6) is 0 Å². The van der Waals surface area contributed by atoms with Crippen LogP contribution in [0.1, 0.15) is 11.1 Å². The van der Waals surface area contributed by atoms with Crippen molar-refractivity contribution >= 4 is 46.3 Å². The van der Waals surface area contributed by atoms with Crippen LogP contribution in [0.2, 0.25) is 0 Å². The van der Waals surface area contributed by atoms with E-state index < -0.39 is 0 Å². The van der Waals surface area contributed by atoms with Crippen molar-refractivity contribution in [2.45, 2.75) is 13.5 Å². The first kappa shape index (κ1) is 27.8. The van der Waals surface area contributed by atoms with E-state index in [-0.39, 0.29) is 0 Å². The number of aromatic nitrogens is 2. The molecule has 9 heteroatoms. The van der Waals surface area contributed by atoms with E-state index in [1.165, 1.54) is 22.5 Å². The summed E-state index contributed by atoms with van der Waals surface area (Å²) in [6, 6.07) is 31.9. The van der Waals surface area contributed by atoms with E-state index in [4.69, 9.17) is 22.2 Å². The van der Waals surface area contributed by atoms with Gasteiger partial charge in [0.15, 0.2) is 5.11 Å². The lowest BCUT2D eigenvalue weighted by Crippen LogP contribution is -2.48. The Morgan fingerprint density at radius 1 is 0.643 bits per heavy atom. The summed E-state index contributed by atoms with van der Waals surface area (Å²) in [5.41, 5.74) is 4.95. The predicted molar refractivity (Wildman–Crippen MR) is 178 cm³/mol. The maximum absolute atomic E-state index is 5.66. The molecule has 216 valence electrons. The number of nitrogens with zero attached hydrogens (tertiary/aromatic N) is 6. The number of thiocarbonyl (C=S) groups is 1. The summed E-state index contributed by atoms with van der Waals surface area (Å²) < 4.78 is 0. The Bertz CT molecular complexity index is 1370. The molecule has 2 aliphatic heterocycles. The number of hydrogen-bond acceptors (Lipinski definition) is 7. The van der Waals surface area contributed by atoms with Crippen LogP contribution in [0.25, 0.3) is 0 Å². The molecule has 2 saturated heterocycles. The molecule has 2 N–H and O–H groups in total. The molecule has 3 aromatic carbocycles. The lowest BCUT2D eigenvalue weighted by Gasteiger charge is -2.38. The van der Waals surface area contributed by atoms with Gasteiger partial charge in [-0.25, -0.2) is 0 Å². The molecule has 6 rings (SSSR count). The second-order valence-electron chi connectivity index (χ2n) is 10.8. The molecule has 0 saturated carbocycles. The molecule has 3 heterocycles. The van der Waals surface area contributed by atoms with Gasteiger partial charge in [0.05, 0.1) is 0 Å². The zero-order valence-electron chi connectivity index (χ0n) is 24.1. The van der Waals surface area contributed by atoms with Crippen molar-refractivity contribution in [1.29, 1.82) is 0 Å². The maximum Gasteiger partial charge on any atom is 0.232 e. The number of anilines is 5. The minimum atomic E-state index is 0.515. The van der Waals surface area contributed by atoms with Crippen molar-refractivity contribution in [1.82, 2.24) is 15.3 Å². The summed E-state index contributed by atoms with van der Waals surface area (Å²) in [5.74, 6) is 2.39. The van der Waals surface area contributed by atoms with Crippen molar-refractivity contribution in [3.63, 3.8) is 0 Å². The average Bonchev–Trinajstić information content (AvgIpc) is 3.05. The molecule has 0 radical (unpaired) electrons. The summed E-state index contributed by atoms with van der Waals surface area (Å²) in [4.78, 5) is 19.5. The Hall–Kier alpha value is -4.37. The normalized spacial score (nSPS) is 15.5. The number of benzene rings is 3. The minimum absolute atomic E-state index is 0.515. The average molecular weight is 579 g/mol. The van der Waals surface area contributed by atoms with Gasteiger partial charge >= 0.3 is 0 Å². The predicted octanol–water partition coefficient (Wildman–Crippen LogP) is 4.92. The van der Waals surface area contributed by atoms with E-state index in [1.54, 1.807) is 0 Å². The largest absolute Gasteiger partial charge is 0.368 e. The van der Waals surface area contributed by atoms with Crippen LogP contribution in [0.4, 0.5) is 29.0 Å². The van der Waals surface area contributed by atoms with Crippen molar-refractivity contribution in [2.24, 2.45) is 0 Å². The number of hydrogen-bond donors (Lipinski definition) is 2. The Labute approximate surface area is 254 Å². The summed E-state index contributed by atoms with van der Waals surface area (Å²) in [7, 11) is 0. The van der Waals surface area contributed by atoms with E-state index in [0.29, 0.717) is 17.6 Å². The molecule has 0 amide bonds. The van der Waals surface area contributed by atoms with E-state index in [9.17, 15) is 0 Å². The Morgan fingerprint density at radius 3 is 1.57 bits per heavy atom. The van der Waals surface area contributed by atoms with Gasteiger partial charge in [0.25, 0.3) is 0 Å². The molecule has 4 aromatic rings. The third kappa shape index (κ3) is 6.91. The molecular weight excluding hydrogens is 540 g/mol. The van der Waals surface area contributed by atoms with Crippen LogP contribution < -0.4 is 30.2 Å². The minimum Gasteiger partial charge on any atom is -0.368 e. The molecule has 0 aliphatic carbocycles. The number of aryl methyl sites for hydroxylation is 1. The second-order valence-corrected chi connectivity index (χ2v) is 11.2. The van der Waals surface area contributed by atoms with Gasteiger partial charge in [-0.1, -0.05) is 66.2 Å². The zero-order chi connectivity index (χ0) is 28.7. The van der Waals surface area contributed by atoms with Gasteiger partial charge in [-0.15, -0.1) is 0 Å². The number of piperazine rings is 2. The topological polar surface area (TPSA) is 62.8 Å². The Kier molecular flexibility index (Phi) is 8.65. The molecule has 2 fully saturated rings. The Balaban J connectivity index is 1.16. The van der Waals surface area contributed by atoms with Crippen LogP contribution in [-0.4, -0.2) is 67.4 Å². The summed E-state index contributed by atoms with van der Waals surface area (Å²) in [6.07, 6.45) is 0. The summed E-state index contributed by atoms with van der Waals surface area (Å²) >= 11 is 5.66. The lowest BCUT2D eigenvalue weighted by atomic mass is 10.1. The standard InChI is InChI=1S/C33H38N8S/c1-26-12-14-27(15-13-26)25-34-33(42)37-32-35-30(40-20-16-38(17-21-40)28-8-4-2-5-9-28)24-31(36-32)41-22-18-39(19-23-41)29-10-6-3-7-11-29/h2-15,24H,16-23,25H2,1H3,(H2,34,35,36,37,42). The quantitative estimate of drug-likeness (QED) is 0.298. The van der Waals surface area contributed by atoms with Crippen LogP contribution in [0.3, 0.4) is 0 Å². The Morgan fingerprint density at radius 2 is 1.10 bits per heavy atom.